The number of nitrogens with two attached hydrogens (primary N) is 1. The Hall–Kier alpha value is -0.930. The fraction of sp³-hybridized carbons (Fsp3) is 0.500. The van der Waals surface area contributed by atoms with E-state index >= 15 is 0 Å². The Morgan fingerprint density at radius 2 is 1.81 bits per heavy atom. The average Bonchev–Trinajstić information content (AvgIpc) is 2.74. The smallest absolute Gasteiger partial charge is 0.120 e. The molecule has 4 N–H and O–H groups in total. The van der Waals surface area contributed by atoms with Crippen molar-refractivity contribution in [3.63, 3.8) is 0 Å². The van der Waals surface area contributed by atoms with Crippen LogP contribution >= 0.6 is 12.4 Å². The molecule has 1 atom stereocenters. The van der Waals surface area contributed by atoms with E-state index in [0.717, 1.165) is 12.8 Å². The Kier molecular flexibility index (Phi) is 4.44. The molecule has 1 saturated carbocycles. The summed E-state index contributed by atoms with van der Waals surface area (Å²) in [5.41, 5.74) is 6.77. The number of halogens is 1. The van der Waals surface area contributed by atoms with E-state index in [1.165, 1.54) is 25.0 Å². The largest absolute Gasteiger partial charge is 0.508 e. The number of hydrogen-bond acceptors (Lipinski definition) is 3. The van der Waals surface area contributed by atoms with Gasteiger partial charge in [-0.15, -0.1) is 12.4 Å². The van der Waals surface area contributed by atoms with E-state index in [2.05, 4.69) is 0 Å². The molecule has 1 aromatic carbocycles. The molecule has 3 nitrogen and oxygen atoms in total. The van der Waals surface area contributed by atoms with Crippen LogP contribution in [0.4, 0.5) is 0 Å². The highest BCUT2D eigenvalue weighted by Gasteiger charge is 2.25. The Labute approximate surface area is 102 Å². The van der Waals surface area contributed by atoms with Crippen LogP contribution in [0.1, 0.15) is 37.3 Å². The number of rotatable bonds is 2. The molecule has 16 heavy (non-hydrogen) atoms. The maximum atomic E-state index is 9.67. The molecule has 0 unspecified atom stereocenters. The molecule has 1 aliphatic rings. The molecule has 1 aromatic rings. The van der Waals surface area contributed by atoms with Gasteiger partial charge in [-0.2, -0.15) is 0 Å². The third-order valence-electron chi connectivity index (χ3n) is 3.28. The van der Waals surface area contributed by atoms with E-state index in [-0.39, 0.29) is 29.9 Å². The van der Waals surface area contributed by atoms with Crippen molar-refractivity contribution in [3.8, 4) is 11.5 Å². The van der Waals surface area contributed by atoms with Gasteiger partial charge in [-0.3, -0.25) is 0 Å². The summed E-state index contributed by atoms with van der Waals surface area (Å²) in [6.45, 7) is 0. The summed E-state index contributed by atoms with van der Waals surface area (Å²) in [6, 6.07) is 4.39. The third-order valence-corrected chi connectivity index (χ3v) is 3.28. The van der Waals surface area contributed by atoms with Gasteiger partial charge in [-0.05, 0) is 37.0 Å². The molecule has 4 heteroatoms. The Morgan fingerprint density at radius 3 is 2.44 bits per heavy atom. The normalized spacial score (nSPS) is 18.1. The SMILES string of the molecule is Cl.N[C@@H](c1cc(O)ccc1O)C1CCCC1. The highest BCUT2D eigenvalue weighted by atomic mass is 35.5. The van der Waals surface area contributed by atoms with Crippen molar-refractivity contribution in [1.82, 2.24) is 0 Å². The summed E-state index contributed by atoms with van der Waals surface area (Å²) in [6.07, 6.45) is 4.68. The first-order valence-electron chi connectivity index (χ1n) is 5.46. The lowest BCUT2D eigenvalue weighted by atomic mass is 9.92. The number of benzene rings is 1. The van der Waals surface area contributed by atoms with E-state index in [1.54, 1.807) is 6.07 Å². The predicted octanol–water partition coefficient (Wildman–Crippen LogP) is 2.71. The topological polar surface area (TPSA) is 66.5 Å². The van der Waals surface area contributed by atoms with Crippen LogP contribution in [0.3, 0.4) is 0 Å². The Morgan fingerprint density at radius 1 is 1.19 bits per heavy atom. The van der Waals surface area contributed by atoms with Crippen LogP contribution in [-0.2, 0) is 0 Å². The van der Waals surface area contributed by atoms with Gasteiger partial charge >= 0.3 is 0 Å². The average molecular weight is 244 g/mol. The van der Waals surface area contributed by atoms with Gasteiger partial charge in [-0.25, -0.2) is 0 Å². The number of hydrogen-bond donors (Lipinski definition) is 3. The van der Waals surface area contributed by atoms with Crippen molar-refractivity contribution in [2.75, 3.05) is 0 Å². The molecule has 0 aromatic heterocycles. The van der Waals surface area contributed by atoms with Gasteiger partial charge in [0.05, 0.1) is 0 Å². The first-order valence-corrected chi connectivity index (χ1v) is 5.46. The van der Waals surface area contributed by atoms with Crippen LogP contribution in [0.2, 0.25) is 0 Å². The van der Waals surface area contributed by atoms with Crippen LogP contribution < -0.4 is 5.73 Å². The fourth-order valence-electron chi connectivity index (χ4n) is 2.38. The van der Waals surface area contributed by atoms with Gasteiger partial charge in [0.2, 0.25) is 0 Å². The third kappa shape index (κ3) is 2.60. The molecule has 1 aliphatic carbocycles. The zero-order valence-electron chi connectivity index (χ0n) is 9.10. The first kappa shape index (κ1) is 13.1. The van der Waals surface area contributed by atoms with Crippen LogP contribution in [0, 0.1) is 5.92 Å². The zero-order chi connectivity index (χ0) is 10.8. The summed E-state index contributed by atoms with van der Waals surface area (Å²) >= 11 is 0. The molecule has 0 saturated heterocycles. The molecular weight excluding hydrogens is 226 g/mol. The van der Waals surface area contributed by atoms with Crippen LogP contribution in [0.15, 0.2) is 18.2 Å². The number of phenols is 2. The highest BCUT2D eigenvalue weighted by Crippen LogP contribution is 2.38. The van der Waals surface area contributed by atoms with Gasteiger partial charge in [-0.1, -0.05) is 12.8 Å². The quantitative estimate of drug-likeness (QED) is 0.700. The second-order valence-electron chi connectivity index (χ2n) is 4.31. The number of phenolic OH excluding ortho intramolecular Hbond substituents is 2. The Bertz CT molecular complexity index is 351. The van der Waals surface area contributed by atoms with Crippen molar-refractivity contribution >= 4 is 12.4 Å². The standard InChI is InChI=1S/C12H17NO2.ClH/c13-12(8-3-1-2-4-8)10-7-9(14)5-6-11(10)15;/h5-8,12,14-15H,1-4,13H2;1H/t12-;/m1./s1. The maximum absolute atomic E-state index is 9.67. The monoisotopic (exact) mass is 243 g/mol. The van der Waals surface area contributed by atoms with E-state index in [9.17, 15) is 10.2 Å². The van der Waals surface area contributed by atoms with Crippen molar-refractivity contribution in [2.45, 2.75) is 31.7 Å². The lowest BCUT2D eigenvalue weighted by Gasteiger charge is -2.20. The lowest BCUT2D eigenvalue weighted by molar-refractivity contribution is 0.407. The number of aromatic hydroxyl groups is 2. The van der Waals surface area contributed by atoms with Gasteiger partial charge in [0.1, 0.15) is 11.5 Å². The van der Waals surface area contributed by atoms with Crippen LogP contribution in [-0.4, -0.2) is 10.2 Å². The molecule has 0 amide bonds. The molecule has 2 rings (SSSR count). The highest BCUT2D eigenvalue weighted by molar-refractivity contribution is 5.85. The molecule has 90 valence electrons. The summed E-state index contributed by atoms with van der Waals surface area (Å²) in [5, 5.41) is 19.0. The minimum atomic E-state index is -0.153. The zero-order valence-corrected chi connectivity index (χ0v) is 9.91. The maximum Gasteiger partial charge on any atom is 0.120 e. The molecule has 1 fully saturated rings. The minimum absolute atomic E-state index is 0. The fourth-order valence-corrected chi connectivity index (χ4v) is 2.38. The predicted molar refractivity (Wildman–Crippen MR) is 65.9 cm³/mol. The van der Waals surface area contributed by atoms with Crippen molar-refractivity contribution in [3.05, 3.63) is 23.8 Å². The van der Waals surface area contributed by atoms with Crippen molar-refractivity contribution < 1.29 is 10.2 Å². The lowest BCUT2D eigenvalue weighted by Crippen LogP contribution is -2.19. The van der Waals surface area contributed by atoms with E-state index in [0.29, 0.717) is 11.5 Å². The summed E-state index contributed by atoms with van der Waals surface area (Å²) in [4.78, 5) is 0. The van der Waals surface area contributed by atoms with E-state index in [4.69, 9.17) is 5.73 Å². The second-order valence-corrected chi connectivity index (χ2v) is 4.31. The Balaban J connectivity index is 0.00000128. The van der Waals surface area contributed by atoms with Gasteiger partial charge in [0.15, 0.2) is 0 Å². The second kappa shape index (κ2) is 5.41. The van der Waals surface area contributed by atoms with E-state index in [1.807, 2.05) is 0 Å². The van der Waals surface area contributed by atoms with Crippen molar-refractivity contribution in [1.29, 1.82) is 0 Å². The minimum Gasteiger partial charge on any atom is -0.508 e. The molecule has 0 spiro atoms. The van der Waals surface area contributed by atoms with Gasteiger partial charge in [0, 0.05) is 11.6 Å². The molecule has 0 aliphatic heterocycles. The van der Waals surface area contributed by atoms with E-state index < -0.39 is 0 Å². The first-order chi connectivity index (χ1) is 7.18. The molecule has 0 heterocycles. The van der Waals surface area contributed by atoms with Gasteiger partial charge in [0.25, 0.3) is 0 Å². The molecular formula is C12H18ClNO2. The van der Waals surface area contributed by atoms with Crippen LogP contribution in [0.5, 0.6) is 11.5 Å². The summed E-state index contributed by atoms with van der Waals surface area (Å²) < 4.78 is 0. The van der Waals surface area contributed by atoms with Crippen LogP contribution in [0.25, 0.3) is 0 Å². The summed E-state index contributed by atoms with van der Waals surface area (Å²) in [7, 11) is 0. The molecule has 0 radical (unpaired) electrons. The van der Waals surface area contributed by atoms with Crippen molar-refractivity contribution in [2.24, 2.45) is 11.7 Å². The summed E-state index contributed by atoms with van der Waals surface area (Å²) in [5.74, 6) is 0.793. The molecule has 0 bridgehead atoms. The van der Waals surface area contributed by atoms with Gasteiger partial charge < -0.3 is 15.9 Å².